The Labute approximate surface area is 178 Å². The molecule has 1 saturated heterocycles. The highest BCUT2D eigenvalue weighted by molar-refractivity contribution is 5.81. The molecule has 2 atom stereocenters. The van der Waals surface area contributed by atoms with Crippen molar-refractivity contribution in [2.75, 3.05) is 19.7 Å². The van der Waals surface area contributed by atoms with Crippen molar-refractivity contribution in [3.05, 3.63) is 65.2 Å². The molecule has 2 aromatic rings. The number of para-hydroxylation sites is 1. The lowest BCUT2D eigenvalue weighted by Gasteiger charge is -2.29. The monoisotopic (exact) mass is 432 g/mol. The first-order valence-corrected chi connectivity index (χ1v) is 10.3. The molecule has 0 aliphatic carbocycles. The summed E-state index contributed by atoms with van der Waals surface area (Å²) in [7, 11) is 0. The first-order chi connectivity index (χ1) is 14.8. The zero-order chi connectivity index (χ0) is 22.0. The van der Waals surface area contributed by atoms with Gasteiger partial charge in [-0.25, -0.2) is 0 Å². The van der Waals surface area contributed by atoms with E-state index in [1.54, 1.807) is 11.0 Å². The van der Waals surface area contributed by atoms with Gasteiger partial charge < -0.3 is 15.0 Å². The predicted octanol–water partition coefficient (Wildman–Crippen LogP) is 3.74. The van der Waals surface area contributed by atoms with Crippen LogP contribution in [0.25, 0.3) is 0 Å². The third-order valence-electron chi connectivity index (χ3n) is 5.76. The largest absolute Gasteiger partial charge is 0.492 e. The van der Waals surface area contributed by atoms with Gasteiger partial charge in [-0.15, -0.1) is 0 Å². The van der Waals surface area contributed by atoms with Crippen LogP contribution in [0.1, 0.15) is 35.6 Å². The Balaban J connectivity index is 1.55. The molecular weight excluding hydrogens is 409 g/mol. The molecule has 0 saturated carbocycles. The van der Waals surface area contributed by atoms with Gasteiger partial charge in [0.15, 0.2) is 0 Å². The van der Waals surface area contributed by atoms with Crippen LogP contribution in [-0.4, -0.2) is 36.4 Å². The summed E-state index contributed by atoms with van der Waals surface area (Å²) in [5, 5.41) is 2.88. The van der Waals surface area contributed by atoms with Crippen molar-refractivity contribution < 1.29 is 27.5 Å². The molecule has 5 nitrogen and oxygen atoms in total. The van der Waals surface area contributed by atoms with Crippen LogP contribution in [0.2, 0.25) is 0 Å². The molecule has 1 fully saturated rings. The summed E-state index contributed by atoms with van der Waals surface area (Å²) >= 11 is 0. The smallest absolute Gasteiger partial charge is 0.416 e. The fraction of sp³-hybridized carbons (Fsp3) is 0.391. The SMILES string of the molecule is O=C(NC(CN1CCCC1=O)c1cccc(C(F)(F)F)c1)C1COc2ccccc2C1. The van der Waals surface area contributed by atoms with Crippen molar-refractivity contribution in [3.63, 3.8) is 0 Å². The van der Waals surface area contributed by atoms with Crippen LogP contribution in [0, 0.1) is 5.92 Å². The molecular formula is C23H23F3N2O3. The molecule has 8 heteroatoms. The number of hydrogen-bond acceptors (Lipinski definition) is 3. The minimum absolute atomic E-state index is 0.0545. The molecule has 4 rings (SSSR count). The Morgan fingerprint density at radius 1 is 1.19 bits per heavy atom. The van der Waals surface area contributed by atoms with Crippen molar-refractivity contribution in [1.29, 1.82) is 0 Å². The highest BCUT2D eigenvalue weighted by atomic mass is 19.4. The zero-order valence-corrected chi connectivity index (χ0v) is 16.8. The lowest BCUT2D eigenvalue weighted by Crippen LogP contribution is -2.43. The Hall–Kier alpha value is -3.03. The van der Waals surface area contributed by atoms with Crippen molar-refractivity contribution in [2.24, 2.45) is 5.92 Å². The number of ether oxygens (including phenoxy) is 1. The van der Waals surface area contributed by atoms with Crippen LogP contribution in [0.3, 0.4) is 0 Å². The van der Waals surface area contributed by atoms with Gasteiger partial charge in [0, 0.05) is 19.5 Å². The lowest BCUT2D eigenvalue weighted by atomic mass is 9.95. The number of halogens is 3. The summed E-state index contributed by atoms with van der Waals surface area (Å²) in [6.45, 7) is 0.862. The first kappa shape index (κ1) is 21.2. The van der Waals surface area contributed by atoms with Gasteiger partial charge in [0.05, 0.1) is 17.5 Å². The topological polar surface area (TPSA) is 58.6 Å². The van der Waals surface area contributed by atoms with Gasteiger partial charge in [0.2, 0.25) is 11.8 Å². The standard InChI is InChI=1S/C23H23F3N2O3/c24-23(25,26)18-7-3-6-15(12-18)19(13-28-10-4-9-21(28)29)27-22(30)17-11-16-5-1-2-8-20(16)31-14-17/h1-3,5-8,12,17,19H,4,9-11,13-14H2,(H,27,30). The minimum atomic E-state index is -4.49. The second-order valence-corrected chi connectivity index (χ2v) is 7.95. The molecule has 164 valence electrons. The van der Waals surface area contributed by atoms with Crippen LogP contribution in [-0.2, 0) is 22.2 Å². The van der Waals surface area contributed by atoms with Crippen molar-refractivity contribution in [1.82, 2.24) is 10.2 Å². The third kappa shape index (κ3) is 4.84. The summed E-state index contributed by atoms with van der Waals surface area (Å²) in [5.41, 5.74) is 0.450. The van der Waals surface area contributed by atoms with Gasteiger partial charge in [0.25, 0.3) is 0 Å². The van der Waals surface area contributed by atoms with Crippen molar-refractivity contribution in [2.45, 2.75) is 31.5 Å². The van der Waals surface area contributed by atoms with Gasteiger partial charge >= 0.3 is 6.18 Å². The molecule has 2 aliphatic heterocycles. The van der Waals surface area contributed by atoms with Gasteiger partial charge in [-0.1, -0.05) is 30.3 Å². The van der Waals surface area contributed by atoms with E-state index < -0.39 is 23.7 Å². The highest BCUT2D eigenvalue weighted by Crippen LogP contribution is 2.32. The number of likely N-dealkylation sites (tertiary alicyclic amines) is 1. The summed E-state index contributed by atoms with van der Waals surface area (Å²) < 4.78 is 45.4. The van der Waals surface area contributed by atoms with Crippen LogP contribution in [0.15, 0.2) is 48.5 Å². The molecule has 1 N–H and O–H groups in total. The third-order valence-corrected chi connectivity index (χ3v) is 5.76. The van der Waals surface area contributed by atoms with E-state index in [1.165, 1.54) is 6.07 Å². The fourth-order valence-corrected chi connectivity index (χ4v) is 4.07. The van der Waals surface area contributed by atoms with E-state index in [4.69, 9.17) is 4.74 Å². The number of rotatable bonds is 5. The second kappa shape index (κ2) is 8.61. The maximum absolute atomic E-state index is 13.2. The summed E-state index contributed by atoms with van der Waals surface area (Å²) in [4.78, 5) is 26.7. The average molecular weight is 432 g/mol. The second-order valence-electron chi connectivity index (χ2n) is 7.95. The van der Waals surface area contributed by atoms with Crippen LogP contribution in [0.5, 0.6) is 5.75 Å². The highest BCUT2D eigenvalue weighted by Gasteiger charge is 2.33. The number of benzene rings is 2. The summed E-state index contributed by atoms with van der Waals surface area (Å²) in [6.07, 6.45) is -2.89. The fourth-order valence-electron chi connectivity index (χ4n) is 4.07. The normalized spacial score (nSPS) is 19.5. The lowest BCUT2D eigenvalue weighted by molar-refractivity contribution is -0.137. The van der Waals surface area contributed by atoms with Gasteiger partial charge in [-0.3, -0.25) is 9.59 Å². The molecule has 2 heterocycles. The quantitative estimate of drug-likeness (QED) is 0.783. The number of carbonyl (C=O) groups is 2. The van der Waals surface area contributed by atoms with E-state index in [0.29, 0.717) is 31.4 Å². The van der Waals surface area contributed by atoms with E-state index in [2.05, 4.69) is 5.32 Å². The summed E-state index contributed by atoms with van der Waals surface area (Å²) in [5.74, 6) is -0.0779. The van der Waals surface area contributed by atoms with Gasteiger partial charge in [-0.2, -0.15) is 13.2 Å². The molecule has 2 aromatic carbocycles. The van der Waals surface area contributed by atoms with Crippen molar-refractivity contribution >= 4 is 11.8 Å². The number of amides is 2. The number of carbonyl (C=O) groups excluding carboxylic acids is 2. The Morgan fingerprint density at radius 2 is 2.00 bits per heavy atom. The van der Waals surface area contributed by atoms with E-state index >= 15 is 0 Å². The Bertz CT molecular complexity index is 977. The van der Waals surface area contributed by atoms with Gasteiger partial charge in [-0.05, 0) is 42.2 Å². The van der Waals surface area contributed by atoms with E-state index in [1.807, 2.05) is 24.3 Å². The molecule has 0 radical (unpaired) electrons. The molecule has 0 bridgehead atoms. The molecule has 2 amide bonds. The maximum atomic E-state index is 13.2. The molecule has 2 unspecified atom stereocenters. The predicted molar refractivity (Wildman–Crippen MR) is 107 cm³/mol. The van der Waals surface area contributed by atoms with Crippen LogP contribution in [0.4, 0.5) is 13.2 Å². The van der Waals surface area contributed by atoms with Crippen molar-refractivity contribution in [3.8, 4) is 5.75 Å². The molecule has 0 aromatic heterocycles. The molecule has 0 spiro atoms. The van der Waals surface area contributed by atoms with E-state index in [-0.39, 0.29) is 25.0 Å². The molecule has 31 heavy (non-hydrogen) atoms. The number of nitrogens with zero attached hydrogens (tertiary/aromatic N) is 1. The number of fused-ring (bicyclic) bond motifs is 1. The first-order valence-electron chi connectivity index (χ1n) is 10.3. The molecule has 2 aliphatic rings. The van der Waals surface area contributed by atoms with E-state index in [0.717, 1.165) is 23.4 Å². The van der Waals surface area contributed by atoms with Crippen LogP contribution < -0.4 is 10.1 Å². The Morgan fingerprint density at radius 3 is 2.74 bits per heavy atom. The Kier molecular flexibility index (Phi) is 5.89. The number of nitrogens with one attached hydrogen (secondary N) is 1. The van der Waals surface area contributed by atoms with Crippen LogP contribution >= 0.6 is 0 Å². The van der Waals surface area contributed by atoms with E-state index in [9.17, 15) is 22.8 Å². The number of hydrogen-bond donors (Lipinski definition) is 1. The summed E-state index contributed by atoms with van der Waals surface area (Å²) in [6, 6.07) is 11.6. The maximum Gasteiger partial charge on any atom is 0.416 e. The van der Waals surface area contributed by atoms with Gasteiger partial charge in [0.1, 0.15) is 12.4 Å². The zero-order valence-electron chi connectivity index (χ0n) is 16.8. The minimum Gasteiger partial charge on any atom is -0.492 e. The number of alkyl halides is 3. The average Bonchev–Trinajstić information content (AvgIpc) is 3.16.